The number of hydrogen-bond donors (Lipinski definition) is 0. The van der Waals surface area contributed by atoms with Crippen LogP contribution >= 0.6 is 0 Å². The molecule has 3 aromatic heterocycles. The molecule has 48 heavy (non-hydrogen) atoms. The first-order valence-corrected chi connectivity index (χ1v) is 15.9. The second-order valence-electron chi connectivity index (χ2n) is 12.0. The molecule has 5 nitrogen and oxygen atoms in total. The predicted octanol–water partition coefficient (Wildman–Crippen LogP) is 11.5. The molecule has 0 atom stereocenters. The van der Waals surface area contributed by atoms with Crippen LogP contribution in [-0.4, -0.2) is 15.0 Å². The van der Waals surface area contributed by atoms with Crippen LogP contribution in [0.2, 0.25) is 0 Å². The van der Waals surface area contributed by atoms with Gasteiger partial charge in [-0.3, -0.25) is 0 Å². The van der Waals surface area contributed by atoms with E-state index in [9.17, 15) is 0 Å². The Morgan fingerprint density at radius 3 is 1.69 bits per heavy atom. The highest BCUT2D eigenvalue weighted by Crippen LogP contribution is 2.43. The molecular weight excluding hydrogens is 590 g/mol. The van der Waals surface area contributed by atoms with Crippen molar-refractivity contribution in [1.29, 1.82) is 0 Å². The highest BCUT2D eigenvalue weighted by atomic mass is 16.3. The normalized spacial score (nSPS) is 11.8. The van der Waals surface area contributed by atoms with E-state index in [1.165, 1.54) is 0 Å². The van der Waals surface area contributed by atoms with Crippen molar-refractivity contribution >= 4 is 54.6 Å². The van der Waals surface area contributed by atoms with Crippen LogP contribution < -0.4 is 0 Å². The van der Waals surface area contributed by atoms with E-state index in [0.717, 1.165) is 82.5 Å². The van der Waals surface area contributed by atoms with Gasteiger partial charge in [0.1, 0.15) is 22.3 Å². The summed E-state index contributed by atoms with van der Waals surface area (Å²) in [5.41, 5.74) is 8.00. The monoisotopic (exact) mass is 615 g/mol. The van der Waals surface area contributed by atoms with Crippen LogP contribution in [0, 0.1) is 0 Å². The van der Waals surface area contributed by atoms with E-state index in [4.69, 9.17) is 23.8 Å². The molecule has 0 unspecified atom stereocenters. The SMILES string of the molecule is c1ccc(-c2nc(-c3ccccc3)nc(-c3ccc(-c4ccc5c(c4)oc4ccccc45)c4oc5cc6ccccc6cc5c34)n2)cc1. The van der Waals surface area contributed by atoms with Gasteiger partial charge in [-0.25, -0.2) is 15.0 Å². The smallest absolute Gasteiger partial charge is 0.164 e. The second kappa shape index (κ2) is 10.5. The van der Waals surface area contributed by atoms with E-state index in [2.05, 4.69) is 72.8 Å². The summed E-state index contributed by atoms with van der Waals surface area (Å²) < 4.78 is 13.1. The molecule has 0 saturated carbocycles. The maximum absolute atomic E-state index is 6.81. The summed E-state index contributed by atoms with van der Waals surface area (Å²) in [7, 11) is 0. The number of furan rings is 2. The van der Waals surface area contributed by atoms with Crippen molar-refractivity contribution in [3.8, 4) is 45.3 Å². The minimum Gasteiger partial charge on any atom is -0.456 e. The van der Waals surface area contributed by atoms with E-state index in [0.29, 0.717) is 17.5 Å². The lowest BCUT2D eigenvalue weighted by Crippen LogP contribution is -2.00. The molecule has 3 heterocycles. The number of aromatic nitrogens is 3. The first-order valence-electron chi connectivity index (χ1n) is 15.9. The quantitative estimate of drug-likeness (QED) is 0.197. The van der Waals surface area contributed by atoms with Crippen molar-refractivity contribution in [1.82, 2.24) is 15.0 Å². The Hall–Kier alpha value is -6.59. The maximum Gasteiger partial charge on any atom is 0.164 e. The lowest BCUT2D eigenvalue weighted by atomic mass is 9.96. The van der Waals surface area contributed by atoms with Crippen LogP contribution in [0.3, 0.4) is 0 Å². The van der Waals surface area contributed by atoms with Crippen molar-refractivity contribution in [2.45, 2.75) is 0 Å². The Kier molecular flexibility index (Phi) is 5.81. The van der Waals surface area contributed by atoms with Crippen LogP contribution in [0.25, 0.3) is 99.9 Å². The van der Waals surface area contributed by atoms with Gasteiger partial charge in [-0.2, -0.15) is 0 Å². The molecule has 0 aliphatic carbocycles. The maximum atomic E-state index is 6.81. The van der Waals surface area contributed by atoms with Gasteiger partial charge in [0.15, 0.2) is 17.5 Å². The Morgan fingerprint density at radius 2 is 0.938 bits per heavy atom. The lowest BCUT2D eigenvalue weighted by Gasteiger charge is -2.11. The molecule has 10 rings (SSSR count). The zero-order valence-corrected chi connectivity index (χ0v) is 25.6. The molecule has 0 aliphatic rings. The van der Waals surface area contributed by atoms with Gasteiger partial charge in [0.2, 0.25) is 0 Å². The lowest BCUT2D eigenvalue weighted by molar-refractivity contribution is 0.668. The molecular formula is C43H25N3O2. The fourth-order valence-electron chi connectivity index (χ4n) is 6.80. The average molecular weight is 616 g/mol. The third kappa shape index (κ3) is 4.22. The van der Waals surface area contributed by atoms with E-state index in [-0.39, 0.29) is 0 Å². The van der Waals surface area contributed by atoms with Gasteiger partial charge in [-0.05, 0) is 58.8 Å². The highest BCUT2D eigenvalue weighted by Gasteiger charge is 2.22. The third-order valence-corrected chi connectivity index (χ3v) is 9.12. The van der Waals surface area contributed by atoms with Crippen LogP contribution in [0.15, 0.2) is 160 Å². The molecule has 0 radical (unpaired) electrons. The first-order chi connectivity index (χ1) is 23.8. The fourth-order valence-corrected chi connectivity index (χ4v) is 6.80. The number of rotatable bonds is 4. The number of nitrogens with zero attached hydrogens (tertiary/aromatic N) is 3. The van der Waals surface area contributed by atoms with Gasteiger partial charge >= 0.3 is 0 Å². The Balaban J connectivity index is 1.27. The van der Waals surface area contributed by atoms with Crippen molar-refractivity contribution in [2.75, 3.05) is 0 Å². The van der Waals surface area contributed by atoms with Crippen LogP contribution in [0.5, 0.6) is 0 Å². The zero-order valence-electron chi connectivity index (χ0n) is 25.6. The van der Waals surface area contributed by atoms with Gasteiger partial charge in [0.05, 0.1) is 0 Å². The molecule has 0 saturated heterocycles. The summed E-state index contributed by atoms with van der Waals surface area (Å²) in [5, 5.41) is 6.42. The van der Waals surface area contributed by atoms with Gasteiger partial charge in [-0.1, -0.05) is 109 Å². The summed E-state index contributed by atoms with van der Waals surface area (Å²) in [6, 6.07) is 51.6. The molecule has 0 N–H and O–H groups in total. The van der Waals surface area contributed by atoms with Gasteiger partial charge in [0, 0.05) is 43.8 Å². The molecule has 5 heteroatoms. The van der Waals surface area contributed by atoms with Crippen LogP contribution in [0.1, 0.15) is 0 Å². The van der Waals surface area contributed by atoms with E-state index >= 15 is 0 Å². The standard InChI is InChI=1S/C43H25N3O2/c1-3-11-26(12-4-1)41-44-42(27-13-5-2-6-14-27)46-43(45-41)34-22-21-31(30-19-20-33-32-17-9-10-18-36(32)47-37(33)25-30)40-39(34)35-23-28-15-7-8-16-29(28)24-38(35)48-40/h1-25H. The Morgan fingerprint density at radius 1 is 0.354 bits per heavy atom. The molecule has 0 amide bonds. The van der Waals surface area contributed by atoms with E-state index in [1.807, 2.05) is 78.9 Å². The summed E-state index contributed by atoms with van der Waals surface area (Å²) in [5.74, 6) is 1.82. The van der Waals surface area contributed by atoms with Crippen molar-refractivity contribution < 1.29 is 8.83 Å². The molecule has 7 aromatic carbocycles. The van der Waals surface area contributed by atoms with Crippen molar-refractivity contribution in [3.63, 3.8) is 0 Å². The average Bonchev–Trinajstić information content (AvgIpc) is 3.72. The molecule has 0 fully saturated rings. The van der Waals surface area contributed by atoms with E-state index in [1.54, 1.807) is 0 Å². The van der Waals surface area contributed by atoms with Gasteiger partial charge in [0.25, 0.3) is 0 Å². The van der Waals surface area contributed by atoms with Crippen LogP contribution in [0.4, 0.5) is 0 Å². The molecule has 0 aliphatic heterocycles. The Labute approximate surface area is 274 Å². The van der Waals surface area contributed by atoms with Gasteiger partial charge in [-0.15, -0.1) is 0 Å². The molecule has 10 aromatic rings. The minimum absolute atomic E-state index is 0.586. The first kappa shape index (κ1) is 26.6. The summed E-state index contributed by atoms with van der Waals surface area (Å²) in [6.45, 7) is 0. The number of fused-ring (bicyclic) bond motifs is 7. The van der Waals surface area contributed by atoms with Gasteiger partial charge < -0.3 is 8.83 Å². The summed E-state index contributed by atoms with van der Waals surface area (Å²) >= 11 is 0. The summed E-state index contributed by atoms with van der Waals surface area (Å²) in [4.78, 5) is 15.1. The van der Waals surface area contributed by atoms with Crippen molar-refractivity contribution in [3.05, 3.63) is 152 Å². The van der Waals surface area contributed by atoms with Crippen LogP contribution in [-0.2, 0) is 0 Å². The summed E-state index contributed by atoms with van der Waals surface area (Å²) in [6.07, 6.45) is 0. The largest absolute Gasteiger partial charge is 0.456 e. The Bertz CT molecular complexity index is 2780. The third-order valence-electron chi connectivity index (χ3n) is 9.12. The fraction of sp³-hybridized carbons (Fsp3) is 0. The van der Waals surface area contributed by atoms with E-state index < -0.39 is 0 Å². The molecule has 224 valence electrons. The highest BCUT2D eigenvalue weighted by molar-refractivity contribution is 6.18. The second-order valence-corrected chi connectivity index (χ2v) is 12.0. The number of benzene rings is 7. The number of para-hydroxylation sites is 1. The van der Waals surface area contributed by atoms with Crippen molar-refractivity contribution in [2.24, 2.45) is 0 Å². The minimum atomic E-state index is 0.586. The molecule has 0 spiro atoms. The molecule has 0 bridgehead atoms. The number of hydrogen-bond acceptors (Lipinski definition) is 5. The predicted molar refractivity (Wildman–Crippen MR) is 194 cm³/mol. The topological polar surface area (TPSA) is 65.0 Å². The zero-order chi connectivity index (χ0) is 31.6.